The van der Waals surface area contributed by atoms with Gasteiger partial charge in [0.1, 0.15) is 0 Å². The van der Waals surface area contributed by atoms with E-state index in [-0.39, 0.29) is 0 Å². The molecule has 2 nitrogen and oxygen atoms in total. The summed E-state index contributed by atoms with van der Waals surface area (Å²) in [7, 11) is 0. The molecule has 0 N–H and O–H groups in total. The molecule has 0 spiro atoms. The summed E-state index contributed by atoms with van der Waals surface area (Å²) in [5, 5.41) is 0. The Morgan fingerprint density at radius 2 is 2.00 bits per heavy atom. The Morgan fingerprint density at radius 1 is 1.27 bits per heavy atom. The molecule has 4 heteroatoms. The fourth-order valence-electron chi connectivity index (χ4n) is 1.36. The van der Waals surface area contributed by atoms with Crippen molar-refractivity contribution in [3.05, 3.63) is 51.6 Å². The van der Waals surface area contributed by atoms with Gasteiger partial charge >= 0.3 is 0 Å². The second-order valence-corrected chi connectivity index (χ2v) is 4.81. The van der Waals surface area contributed by atoms with E-state index in [4.69, 9.17) is 11.6 Å². The van der Waals surface area contributed by atoms with Gasteiger partial charge in [-0.25, -0.2) is 4.98 Å². The number of alkyl halides is 1. The van der Waals surface area contributed by atoms with Crippen molar-refractivity contribution in [1.29, 1.82) is 0 Å². The van der Waals surface area contributed by atoms with Crippen molar-refractivity contribution in [1.82, 2.24) is 9.55 Å². The quantitative estimate of drug-likeness (QED) is 0.623. The summed E-state index contributed by atoms with van der Waals surface area (Å²) in [6.07, 6.45) is 3.79. The van der Waals surface area contributed by atoms with Crippen LogP contribution >= 0.6 is 34.2 Å². The van der Waals surface area contributed by atoms with E-state index in [9.17, 15) is 0 Å². The van der Waals surface area contributed by atoms with Crippen molar-refractivity contribution in [3.63, 3.8) is 0 Å². The van der Waals surface area contributed by atoms with Crippen molar-refractivity contribution in [2.75, 3.05) is 0 Å². The SMILES string of the molecule is ClCc1cn(Cc2ccc(I)cc2)cn1. The molecule has 0 radical (unpaired) electrons. The molecule has 0 aliphatic carbocycles. The Kier molecular flexibility index (Phi) is 3.64. The fourth-order valence-corrected chi connectivity index (χ4v) is 1.86. The van der Waals surface area contributed by atoms with Crippen LogP contribution in [-0.4, -0.2) is 9.55 Å². The molecular weight excluding hydrogens is 322 g/mol. The lowest BCUT2D eigenvalue weighted by Crippen LogP contribution is -1.95. The third kappa shape index (κ3) is 2.95. The summed E-state index contributed by atoms with van der Waals surface area (Å²) in [6, 6.07) is 8.47. The topological polar surface area (TPSA) is 17.8 Å². The lowest BCUT2D eigenvalue weighted by atomic mass is 10.2. The number of nitrogens with zero attached hydrogens (tertiary/aromatic N) is 2. The Balaban J connectivity index is 2.11. The van der Waals surface area contributed by atoms with Crippen LogP contribution in [0.4, 0.5) is 0 Å². The second-order valence-electron chi connectivity index (χ2n) is 3.30. The minimum atomic E-state index is 0.472. The molecule has 0 unspecified atom stereocenters. The maximum atomic E-state index is 5.69. The largest absolute Gasteiger partial charge is 0.333 e. The zero-order valence-corrected chi connectivity index (χ0v) is 10.9. The first-order valence-corrected chi connectivity index (χ1v) is 6.20. The smallest absolute Gasteiger partial charge is 0.0953 e. The molecular formula is C11H10ClIN2. The Hall–Kier alpha value is -0.550. The second kappa shape index (κ2) is 4.99. The van der Waals surface area contributed by atoms with E-state index in [2.05, 4.69) is 51.8 Å². The van der Waals surface area contributed by atoms with E-state index in [0.717, 1.165) is 12.2 Å². The highest BCUT2D eigenvalue weighted by Gasteiger charge is 1.98. The van der Waals surface area contributed by atoms with E-state index in [1.54, 1.807) is 0 Å². The summed E-state index contributed by atoms with van der Waals surface area (Å²) >= 11 is 7.99. The van der Waals surface area contributed by atoms with Crippen molar-refractivity contribution in [3.8, 4) is 0 Å². The summed E-state index contributed by atoms with van der Waals surface area (Å²) in [5.41, 5.74) is 2.19. The van der Waals surface area contributed by atoms with Gasteiger partial charge in [-0.2, -0.15) is 0 Å². The third-order valence-electron chi connectivity index (χ3n) is 2.10. The average Bonchev–Trinajstić information content (AvgIpc) is 2.69. The lowest BCUT2D eigenvalue weighted by Gasteiger charge is -2.01. The average molecular weight is 333 g/mol. The molecule has 0 bridgehead atoms. The van der Waals surface area contributed by atoms with Crippen molar-refractivity contribution >= 4 is 34.2 Å². The Labute approximate surface area is 107 Å². The van der Waals surface area contributed by atoms with E-state index < -0.39 is 0 Å². The molecule has 0 saturated carbocycles. The van der Waals surface area contributed by atoms with Crippen LogP contribution in [-0.2, 0) is 12.4 Å². The molecule has 0 aliphatic heterocycles. The number of benzene rings is 1. The van der Waals surface area contributed by atoms with E-state index in [1.165, 1.54) is 9.13 Å². The molecule has 2 rings (SSSR count). The molecule has 1 aromatic heterocycles. The van der Waals surface area contributed by atoms with Gasteiger partial charge in [0.05, 0.1) is 17.9 Å². The minimum absolute atomic E-state index is 0.472. The zero-order chi connectivity index (χ0) is 10.7. The van der Waals surface area contributed by atoms with Gasteiger partial charge in [0, 0.05) is 16.3 Å². The Bertz CT molecular complexity index is 436. The van der Waals surface area contributed by atoms with Crippen LogP contribution < -0.4 is 0 Å². The molecule has 78 valence electrons. The summed E-state index contributed by atoms with van der Waals surface area (Å²) in [5.74, 6) is 0.472. The highest BCUT2D eigenvalue weighted by Crippen LogP contribution is 2.09. The minimum Gasteiger partial charge on any atom is -0.333 e. The first-order chi connectivity index (χ1) is 7.28. The fraction of sp³-hybridized carbons (Fsp3) is 0.182. The normalized spacial score (nSPS) is 10.5. The molecule has 0 fully saturated rings. The predicted octanol–water partition coefficient (Wildman–Crippen LogP) is 3.27. The van der Waals surface area contributed by atoms with Crippen LogP contribution in [0.3, 0.4) is 0 Å². The number of imidazole rings is 1. The molecule has 2 aromatic rings. The predicted molar refractivity (Wildman–Crippen MR) is 70.0 cm³/mol. The number of aromatic nitrogens is 2. The van der Waals surface area contributed by atoms with Crippen LogP contribution in [0.25, 0.3) is 0 Å². The van der Waals surface area contributed by atoms with Crippen molar-refractivity contribution in [2.24, 2.45) is 0 Å². The molecule has 15 heavy (non-hydrogen) atoms. The first kappa shape index (κ1) is 11.0. The lowest BCUT2D eigenvalue weighted by molar-refractivity contribution is 0.796. The number of halogens is 2. The monoisotopic (exact) mass is 332 g/mol. The molecule has 0 aliphatic rings. The van der Waals surface area contributed by atoms with Crippen LogP contribution in [0.2, 0.25) is 0 Å². The van der Waals surface area contributed by atoms with E-state index in [0.29, 0.717) is 5.88 Å². The van der Waals surface area contributed by atoms with E-state index >= 15 is 0 Å². The maximum Gasteiger partial charge on any atom is 0.0953 e. The van der Waals surface area contributed by atoms with Crippen LogP contribution in [0.15, 0.2) is 36.8 Å². The summed E-state index contributed by atoms with van der Waals surface area (Å²) < 4.78 is 3.29. The van der Waals surface area contributed by atoms with Gasteiger partial charge in [-0.3, -0.25) is 0 Å². The third-order valence-corrected chi connectivity index (χ3v) is 3.10. The van der Waals surface area contributed by atoms with Crippen LogP contribution in [0.5, 0.6) is 0 Å². The van der Waals surface area contributed by atoms with Gasteiger partial charge in [0.15, 0.2) is 0 Å². The number of rotatable bonds is 3. The highest BCUT2D eigenvalue weighted by atomic mass is 127. The van der Waals surface area contributed by atoms with Gasteiger partial charge in [-0.15, -0.1) is 11.6 Å². The first-order valence-electron chi connectivity index (χ1n) is 4.59. The highest BCUT2D eigenvalue weighted by molar-refractivity contribution is 14.1. The van der Waals surface area contributed by atoms with E-state index in [1.807, 2.05) is 17.1 Å². The van der Waals surface area contributed by atoms with Crippen molar-refractivity contribution < 1.29 is 0 Å². The van der Waals surface area contributed by atoms with Gasteiger partial charge in [0.2, 0.25) is 0 Å². The van der Waals surface area contributed by atoms with Gasteiger partial charge in [0.25, 0.3) is 0 Å². The Morgan fingerprint density at radius 3 is 2.60 bits per heavy atom. The summed E-state index contributed by atoms with van der Waals surface area (Å²) in [6.45, 7) is 0.848. The molecule has 0 atom stereocenters. The van der Waals surface area contributed by atoms with Gasteiger partial charge in [-0.05, 0) is 40.3 Å². The van der Waals surface area contributed by atoms with Gasteiger partial charge < -0.3 is 4.57 Å². The zero-order valence-electron chi connectivity index (χ0n) is 8.03. The molecule has 1 heterocycles. The molecule has 0 saturated heterocycles. The van der Waals surface area contributed by atoms with Gasteiger partial charge in [-0.1, -0.05) is 12.1 Å². The number of hydrogen-bond acceptors (Lipinski definition) is 1. The van der Waals surface area contributed by atoms with Crippen molar-refractivity contribution in [2.45, 2.75) is 12.4 Å². The maximum absolute atomic E-state index is 5.69. The van der Waals surface area contributed by atoms with Crippen LogP contribution in [0, 0.1) is 3.57 Å². The molecule has 1 aromatic carbocycles. The van der Waals surface area contributed by atoms with Crippen LogP contribution in [0.1, 0.15) is 11.3 Å². The number of hydrogen-bond donors (Lipinski definition) is 0. The molecule has 0 amide bonds. The summed E-state index contributed by atoms with van der Waals surface area (Å²) in [4.78, 5) is 4.18. The standard InChI is InChI=1S/C11H10ClIN2/c12-5-11-7-15(8-14-11)6-9-1-3-10(13)4-2-9/h1-4,7-8H,5-6H2.